The number of rotatable bonds is 11. The fraction of sp³-hybridized carbons (Fsp3) is 0.407. The van der Waals surface area contributed by atoms with Gasteiger partial charge in [0.05, 0.1) is 25.7 Å². The van der Waals surface area contributed by atoms with Crippen LogP contribution < -0.4 is 0 Å². The molecule has 0 saturated heterocycles. The summed E-state index contributed by atoms with van der Waals surface area (Å²) in [5.41, 5.74) is 3.43. The van der Waals surface area contributed by atoms with Crippen LogP contribution in [0.25, 0.3) is 11.1 Å². The summed E-state index contributed by atoms with van der Waals surface area (Å²) >= 11 is 0. The maximum atomic E-state index is 11.7. The zero-order valence-electron chi connectivity index (χ0n) is 18.6. The van der Waals surface area contributed by atoms with Crippen LogP contribution in [0.1, 0.15) is 44.1 Å². The van der Waals surface area contributed by atoms with Crippen LogP contribution in [0.2, 0.25) is 0 Å². The van der Waals surface area contributed by atoms with E-state index in [1.807, 2.05) is 30.4 Å². The molecule has 0 bridgehead atoms. The first-order valence-corrected chi connectivity index (χ1v) is 11.3. The van der Waals surface area contributed by atoms with Gasteiger partial charge in [-0.2, -0.15) is 0 Å². The molecule has 1 aliphatic carbocycles. The fourth-order valence-corrected chi connectivity index (χ4v) is 4.33. The molecule has 170 valence electrons. The summed E-state index contributed by atoms with van der Waals surface area (Å²) in [6.45, 7) is 0.478. The number of hydrogen-bond acceptors (Lipinski definition) is 4. The molecule has 0 aliphatic heterocycles. The van der Waals surface area contributed by atoms with Gasteiger partial charge in [0.15, 0.2) is 0 Å². The Kier molecular flexibility index (Phi) is 9.05. The maximum absolute atomic E-state index is 11.7. The van der Waals surface area contributed by atoms with Gasteiger partial charge >= 0.3 is 11.9 Å². The average Bonchev–Trinajstić information content (AvgIpc) is 3.23. The van der Waals surface area contributed by atoms with E-state index in [0.29, 0.717) is 25.9 Å². The lowest BCUT2D eigenvalue weighted by atomic mass is 9.91. The molecule has 0 amide bonds. The number of ether oxygens (including phenoxy) is 2. The minimum atomic E-state index is -0.743. The summed E-state index contributed by atoms with van der Waals surface area (Å²) in [7, 11) is 1.39. The maximum Gasteiger partial charge on any atom is 0.306 e. The summed E-state index contributed by atoms with van der Waals surface area (Å²) in [5.74, 6) is -1.36. The number of benzene rings is 2. The predicted molar refractivity (Wildman–Crippen MR) is 124 cm³/mol. The van der Waals surface area contributed by atoms with E-state index in [1.165, 1.54) is 12.7 Å². The lowest BCUT2D eigenvalue weighted by Gasteiger charge is -2.22. The van der Waals surface area contributed by atoms with E-state index < -0.39 is 5.97 Å². The monoisotopic (exact) mass is 436 g/mol. The van der Waals surface area contributed by atoms with Crippen LogP contribution in [-0.4, -0.2) is 30.3 Å². The molecule has 3 rings (SSSR count). The van der Waals surface area contributed by atoms with Crippen LogP contribution in [0.15, 0.2) is 66.7 Å². The highest BCUT2D eigenvalue weighted by molar-refractivity contribution is 5.71. The third-order valence-electron chi connectivity index (χ3n) is 6.15. The summed E-state index contributed by atoms with van der Waals surface area (Å²) < 4.78 is 10.8. The minimum absolute atomic E-state index is 0.0343. The van der Waals surface area contributed by atoms with Crippen LogP contribution in [0.5, 0.6) is 0 Å². The van der Waals surface area contributed by atoms with Gasteiger partial charge in [0.2, 0.25) is 0 Å². The summed E-state index contributed by atoms with van der Waals surface area (Å²) in [4.78, 5) is 22.9. The normalized spacial score (nSPS) is 20.5. The van der Waals surface area contributed by atoms with E-state index in [9.17, 15) is 14.7 Å². The molecular weight excluding hydrogens is 404 g/mol. The van der Waals surface area contributed by atoms with E-state index in [2.05, 4.69) is 41.1 Å². The predicted octanol–water partition coefficient (Wildman–Crippen LogP) is 5.64. The minimum Gasteiger partial charge on any atom is -0.481 e. The Morgan fingerprint density at radius 1 is 1.00 bits per heavy atom. The lowest BCUT2D eigenvalue weighted by molar-refractivity contribution is -0.144. The molecule has 0 unspecified atom stereocenters. The number of methoxy groups -OCH3 is 1. The quantitative estimate of drug-likeness (QED) is 0.280. The molecule has 1 saturated carbocycles. The number of unbranched alkanes of at least 4 members (excludes halogenated alkanes) is 1. The first-order chi connectivity index (χ1) is 15.6. The van der Waals surface area contributed by atoms with Crippen LogP contribution in [0.4, 0.5) is 0 Å². The number of aliphatic carboxylic acids is 1. The third-order valence-corrected chi connectivity index (χ3v) is 6.15. The van der Waals surface area contributed by atoms with Crippen molar-refractivity contribution in [3.8, 4) is 11.1 Å². The molecule has 32 heavy (non-hydrogen) atoms. The standard InChI is InChI=1S/C27H32O5/c1-31-26(28)12-8-3-2-7-11-23-24(27(29)30)17-18-25(23)32-19-20-13-15-22(16-14-20)21-9-5-4-6-10-21/h2,4-7,9-10,13-16,23-25H,3,8,11-12,17-19H2,1H3,(H,29,30)/b7-2-/t23-,24+,25+/m1/s1. The van der Waals surface area contributed by atoms with Crippen molar-refractivity contribution in [1.29, 1.82) is 0 Å². The van der Waals surface area contributed by atoms with Crippen molar-refractivity contribution in [2.45, 2.75) is 51.2 Å². The van der Waals surface area contributed by atoms with E-state index in [4.69, 9.17) is 4.74 Å². The van der Waals surface area contributed by atoms with Gasteiger partial charge in [0, 0.05) is 12.3 Å². The molecule has 1 fully saturated rings. The Hall–Kier alpha value is -2.92. The molecule has 0 spiro atoms. The first-order valence-electron chi connectivity index (χ1n) is 11.3. The molecule has 2 aromatic carbocycles. The van der Waals surface area contributed by atoms with Crippen molar-refractivity contribution in [2.24, 2.45) is 11.8 Å². The van der Waals surface area contributed by atoms with Crippen molar-refractivity contribution >= 4 is 11.9 Å². The Balaban J connectivity index is 1.52. The number of hydrogen-bond donors (Lipinski definition) is 1. The van der Waals surface area contributed by atoms with Crippen molar-refractivity contribution < 1.29 is 24.2 Å². The van der Waals surface area contributed by atoms with Gasteiger partial charge in [-0.15, -0.1) is 0 Å². The van der Waals surface area contributed by atoms with Crippen molar-refractivity contribution in [1.82, 2.24) is 0 Å². The van der Waals surface area contributed by atoms with Crippen LogP contribution in [0, 0.1) is 11.8 Å². The number of carboxylic acid groups (broad SMARTS) is 1. The molecular formula is C27H32O5. The SMILES string of the molecule is COC(=O)CCC/C=C\C[C@H]1[C@@H](OCc2ccc(-c3ccccc3)cc2)CC[C@@H]1C(=O)O. The van der Waals surface area contributed by atoms with E-state index in [-0.39, 0.29) is 23.9 Å². The van der Waals surface area contributed by atoms with Gasteiger partial charge in [-0.25, -0.2) is 0 Å². The Labute approximate surface area is 190 Å². The highest BCUT2D eigenvalue weighted by atomic mass is 16.5. The van der Waals surface area contributed by atoms with Gasteiger partial charge in [-0.05, 0) is 48.8 Å². The Morgan fingerprint density at radius 3 is 2.41 bits per heavy atom. The highest BCUT2D eigenvalue weighted by Crippen LogP contribution is 2.37. The van der Waals surface area contributed by atoms with Crippen LogP contribution >= 0.6 is 0 Å². The molecule has 5 nitrogen and oxygen atoms in total. The Morgan fingerprint density at radius 2 is 1.72 bits per heavy atom. The topological polar surface area (TPSA) is 72.8 Å². The molecule has 1 N–H and O–H groups in total. The average molecular weight is 437 g/mol. The smallest absolute Gasteiger partial charge is 0.306 e. The second kappa shape index (κ2) is 12.2. The number of allylic oxidation sites excluding steroid dienone is 2. The van der Waals surface area contributed by atoms with Gasteiger partial charge in [0.25, 0.3) is 0 Å². The van der Waals surface area contributed by atoms with E-state index in [0.717, 1.165) is 30.4 Å². The van der Waals surface area contributed by atoms with Crippen LogP contribution in [0.3, 0.4) is 0 Å². The summed E-state index contributed by atoms with van der Waals surface area (Å²) in [5, 5.41) is 9.62. The number of carbonyl (C=O) groups excluding carboxylic acids is 1. The molecule has 0 radical (unpaired) electrons. The fourth-order valence-electron chi connectivity index (χ4n) is 4.33. The highest BCUT2D eigenvalue weighted by Gasteiger charge is 2.40. The zero-order chi connectivity index (χ0) is 22.8. The molecule has 3 atom stereocenters. The summed E-state index contributed by atoms with van der Waals surface area (Å²) in [6.07, 6.45) is 7.99. The van der Waals surface area contributed by atoms with E-state index in [1.54, 1.807) is 0 Å². The third kappa shape index (κ3) is 6.79. The molecule has 2 aromatic rings. The molecule has 0 aromatic heterocycles. The van der Waals surface area contributed by atoms with Crippen LogP contribution in [-0.2, 0) is 25.7 Å². The summed E-state index contributed by atoms with van der Waals surface area (Å²) in [6, 6.07) is 18.6. The van der Waals surface area contributed by atoms with Gasteiger partial charge in [0.1, 0.15) is 0 Å². The number of carboxylic acids is 1. The van der Waals surface area contributed by atoms with Crippen molar-refractivity contribution in [3.63, 3.8) is 0 Å². The van der Waals surface area contributed by atoms with Gasteiger partial charge < -0.3 is 14.6 Å². The lowest BCUT2D eigenvalue weighted by Crippen LogP contribution is -2.26. The number of carbonyl (C=O) groups is 2. The van der Waals surface area contributed by atoms with Crippen molar-refractivity contribution in [3.05, 3.63) is 72.3 Å². The largest absolute Gasteiger partial charge is 0.481 e. The molecule has 5 heteroatoms. The zero-order valence-corrected chi connectivity index (χ0v) is 18.6. The van der Waals surface area contributed by atoms with Crippen molar-refractivity contribution in [2.75, 3.05) is 7.11 Å². The first kappa shape index (κ1) is 23.7. The van der Waals surface area contributed by atoms with E-state index >= 15 is 0 Å². The second-order valence-electron chi connectivity index (χ2n) is 8.27. The van der Waals surface area contributed by atoms with Gasteiger partial charge in [-0.3, -0.25) is 9.59 Å². The second-order valence-corrected chi connectivity index (χ2v) is 8.27. The molecule has 0 heterocycles. The van der Waals surface area contributed by atoms with Gasteiger partial charge in [-0.1, -0.05) is 66.7 Å². The Bertz CT molecular complexity index is 888. The molecule has 1 aliphatic rings. The number of esters is 1.